The Morgan fingerprint density at radius 1 is 1.24 bits per heavy atom. The lowest BCUT2D eigenvalue weighted by Gasteiger charge is -2.30. The second-order valence-electron chi connectivity index (χ2n) is 4.97. The first-order valence-electron chi connectivity index (χ1n) is 7.00. The van der Waals surface area contributed by atoms with Gasteiger partial charge >= 0.3 is 5.97 Å². The molecule has 1 aliphatic rings. The molecule has 5 nitrogen and oxygen atoms in total. The number of carboxylic acid groups (broad SMARTS) is 1. The van der Waals surface area contributed by atoms with E-state index in [1.165, 1.54) is 0 Å². The Morgan fingerprint density at radius 2 is 1.90 bits per heavy atom. The summed E-state index contributed by atoms with van der Waals surface area (Å²) in [4.78, 5) is 24.2. The van der Waals surface area contributed by atoms with Gasteiger partial charge in [-0.05, 0) is 24.5 Å². The Bertz CT molecular complexity index is 504. The molecule has 0 spiro atoms. The zero-order valence-corrected chi connectivity index (χ0v) is 11.8. The number of hydrogen-bond acceptors (Lipinski definition) is 3. The molecule has 21 heavy (non-hydrogen) atoms. The van der Waals surface area contributed by atoms with Gasteiger partial charge in [-0.2, -0.15) is 0 Å². The number of benzene rings is 1. The number of carbonyl (C=O) groups excluding carboxylic acids is 1. The van der Waals surface area contributed by atoms with Crippen LogP contribution < -0.4 is 0 Å². The van der Waals surface area contributed by atoms with Gasteiger partial charge in [-0.25, -0.2) is 4.79 Å². The summed E-state index contributed by atoms with van der Waals surface area (Å²) in [7, 11) is 0. The predicted molar refractivity (Wildman–Crippen MR) is 78.7 cm³/mol. The molecule has 1 saturated heterocycles. The second kappa shape index (κ2) is 7.59. The number of hydrogen-bond donors (Lipinski definition) is 1. The lowest BCUT2D eigenvalue weighted by molar-refractivity contribution is -0.146. The highest BCUT2D eigenvalue weighted by molar-refractivity contribution is 5.91. The monoisotopic (exact) mass is 289 g/mol. The van der Waals surface area contributed by atoms with Crippen LogP contribution in [0.25, 0.3) is 6.08 Å². The number of rotatable bonds is 5. The van der Waals surface area contributed by atoms with Gasteiger partial charge in [-0.1, -0.05) is 30.3 Å². The normalized spacial score (nSPS) is 16.3. The van der Waals surface area contributed by atoms with Crippen LogP contribution in [-0.2, 0) is 14.3 Å². The number of amides is 1. The van der Waals surface area contributed by atoms with Gasteiger partial charge in [0.25, 0.3) is 0 Å². The maximum Gasteiger partial charge on any atom is 0.329 e. The van der Waals surface area contributed by atoms with Crippen LogP contribution in [0.2, 0.25) is 0 Å². The van der Waals surface area contributed by atoms with E-state index in [0.717, 1.165) is 5.56 Å². The highest BCUT2D eigenvalue weighted by Crippen LogP contribution is 2.14. The first kappa shape index (κ1) is 15.3. The average molecular weight is 289 g/mol. The molecule has 1 fully saturated rings. The van der Waals surface area contributed by atoms with Crippen LogP contribution in [-0.4, -0.2) is 47.7 Å². The van der Waals surface area contributed by atoms with Crippen LogP contribution in [0.4, 0.5) is 0 Å². The van der Waals surface area contributed by atoms with Crippen molar-refractivity contribution in [3.8, 4) is 0 Å². The van der Waals surface area contributed by atoms with E-state index in [1.807, 2.05) is 30.3 Å². The molecule has 2 rings (SSSR count). The van der Waals surface area contributed by atoms with Crippen LogP contribution in [0, 0.1) is 0 Å². The number of aliphatic carboxylic acids is 1. The van der Waals surface area contributed by atoms with Crippen molar-refractivity contribution in [3.05, 3.63) is 42.0 Å². The molecular formula is C16H19NO4. The summed E-state index contributed by atoms with van der Waals surface area (Å²) in [6.45, 7) is 0.928. The number of likely N-dealkylation sites (tertiary alicyclic amines) is 1. The molecule has 1 aromatic carbocycles. The largest absolute Gasteiger partial charge is 0.480 e. The fraction of sp³-hybridized carbons (Fsp3) is 0.375. The van der Waals surface area contributed by atoms with Crippen molar-refractivity contribution in [2.75, 3.05) is 19.7 Å². The van der Waals surface area contributed by atoms with Crippen molar-refractivity contribution in [3.63, 3.8) is 0 Å². The Hall–Kier alpha value is -2.14. The first-order chi connectivity index (χ1) is 10.1. The Balaban J connectivity index is 1.78. The highest BCUT2D eigenvalue weighted by atomic mass is 16.5. The third-order valence-electron chi connectivity index (χ3n) is 3.41. The lowest BCUT2D eigenvalue weighted by Crippen LogP contribution is -2.40. The van der Waals surface area contributed by atoms with Crippen molar-refractivity contribution in [2.45, 2.75) is 18.9 Å². The zero-order chi connectivity index (χ0) is 15.1. The molecule has 0 aromatic heterocycles. The van der Waals surface area contributed by atoms with E-state index in [0.29, 0.717) is 25.9 Å². The number of carboxylic acids is 1. The maximum atomic E-state index is 12.0. The minimum atomic E-state index is -0.959. The summed E-state index contributed by atoms with van der Waals surface area (Å²) in [5, 5.41) is 8.56. The smallest absolute Gasteiger partial charge is 0.329 e. The molecule has 112 valence electrons. The van der Waals surface area contributed by atoms with E-state index in [9.17, 15) is 9.59 Å². The molecule has 0 aliphatic carbocycles. The predicted octanol–water partition coefficient (Wildman–Crippen LogP) is 1.79. The molecule has 1 amide bonds. The van der Waals surface area contributed by atoms with E-state index in [-0.39, 0.29) is 18.6 Å². The van der Waals surface area contributed by atoms with Gasteiger partial charge in [-0.3, -0.25) is 4.79 Å². The topological polar surface area (TPSA) is 66.8 Å². The fourth-order valence-electron chi connectivity index (χ4n) is 2.27. The Labute approximate surface area is 123 Å². The second-order valence-corrected chi connectivity index (χ2v) is 4.97. The van der Waals surface area contributed by atoms with Crippen molar-refractivity contribution < 1.29 is 19.4 Å². The zero-order valence-electron chi connectivity index (χ0n) is 11.8. The van der Waals surface area contributed by atoms with Crippen LogP contribution in [0.3, 0.4) is 0 Å². The average Bonchev–Trinajstić information content (AvgIpc) is 2.52. The van der Waals surface area contributed by atoms with Crippen LogP contribution >= 0.6 is 0 Å². The Morgan fingerprint density at radius 3 is 2.52 bits per heavy atom. The van der Waals surface area contributed by atoms with Gasteiger partial charge in [0, 0.05) is 19.2 Å². The van der Waals surface area contributed by atoms with E-state index < -0.39 is 5.97 Å². The minimum Gasteiger partial charge on any atom is -0.480 e. The van der Waals surface area contributed by atoms with E-state index >= 15 is 0 Å². The van der Waals surface area contributed by atoms with E-state index in [4.69, 9.17) is 9.84 Å². The summed E-state index contributed by atoms with van der Waals surface area (Å²) in [6.07, 6.45) is 4.67. The molecular weight excluding hydrogens is 270 g/mol. The molecule has 0 atom stereocenters. The third kappa shape index (κ3) is 5.04. The third-order valence-corrected chi connectivity index (χ3v) is 3.41. The van der Waals surface area contributed by atoms with Gasteiger partial charge in [0.1, 0.15) is 6.61 Å². The van der Waals surface area contributed by atoms with Crippen molar-refractivity contribution >= 4 is 18.0 Å². The molecule has 0 unspecified atom stereocenters. The highest BCUT2D eigenvalue weighted by Gasteiger charge is 2.22. The SMILES string of the molecule is O=C(O)COC1CCN(C(=O)C=Cc2ccccc2)CC1. The first-order valence-corrected chi connectivity index (χ1v) is 7.00. The van der Waals surface area contributed by atoms with Gasteiger partial charge in [0.15, 0.2) is 0 Å². The summed E-state index contributed by atoms with van der Waals surface area (Å²) in [5.74, 6) is -0.977. The van der Waals surface area contributed by atoms with Crippen LogP contribution in [0.15, 0.2) is 36.4 Å². The van der Waals surface area contributed by atoms with E-state index in [1.54, 1.807) is 17.1 Å². The van der Waals surface area contributed by atoms with Gasteiger partial charge in [0.05, 0.1) is 6.10 Å². The van der Waals surface area contributed by atoms with Crippen LogP contribution in [0.5, 0.6) is 0 Å². The Kier molecular flexibility index (Phi) is 5.51. The number of ether oxygens (including phenoxy) is 1. The molecule has 1 heterocycles. The van der Waals surface area contributed by atoms with Crippen molar-refractivity contribution in [1.29, 1.82) is 0 Å². The summed E-state index contributed by atoms with van der Waals surface area (Å²) in [5.41, 5.74) is 0.991. The molecule has 0 saturated carbocycles. The number of nitrogens with zero attached hydrogens (tertiary/aromatic N) is 1. The standard InChI is InChI=1S/C16H19NO4/c18-15(7-6-13-4-2-1-3-5-13)17-10-8-14(9-11-17)21-12-16(19)20/h1-7,14H,8-12H2,(H,19,20). The summed E-state index contributed by atoms with van der Waals surface area (Å²) >= 11 is 0. The van der Waals surface area contributed by atoms with Crippen molar-refractivity contribution in [2.24, 2.45) is 0 Å². The molecule has 1 aliphatic heterocycles. The minimum absolute atomic E-state index is 0.0180. The molecule has 5 heteroatoms. The summed E-state index contributed by atoms with van der Waals surface area (Å²) in [6, 6.07) is 9.66. The molecule has 1 aromatic rings. The number of piperidine rings is 1. The molecule has 0 bridgehead atoms. The number of carbonyl (C=O) groups is 2. The van der Waals surface area contributed by atoms with Crippen LogP contribution in [0.1, 0.15) is 18.4 Å². The lowest BCUT2D eigenvalue weighted by atomic mass is 10.1. The van der Waals surface area contributed by atoms with Crippen molar-refractivity contribution in [1.82, 2.24) is 4.90 Å². The van der Waals surface area contributed by atoms with Gasteiger partial charge < -0.3 is 14.7 Å². The van der Waals surface area contributed by atoms with E-state index in [2.05, 4.69) is 0 Å². The van der Waals surface area contributed by atoms with Gasteiger partial charge in [-0.15, -0.1) is 0 Å². The summed E-state index contributed by atoms with van der Waals surface area (Å²) < 4.78 is 5.25. The quantitative estimate of drug-likeness (QED) is 0.839. The van der Waals surface area contributed by atoms with Gasteiger partial charge in [0.2, 0.25) is 5.91 Å². The maximum absolute atomic E-state index is 12.0. The molecule has 0 radical (unpaired) electrons. The fourth-order valence-corrected chi connectivity index (χ4v) is 2.27. The molecule has 1 N–H and O–H groups in total.